The van der Waals surface area contributed by atoms with Gasteiger partial charge in [-0.15, -0.1) is 11.8 Å². The van der Waals surface area contributed by atoms with Crippen molar-refractivity contribution in [2.45, 2.75) is 0 Å². The third-order valence-electron chi connectivity index (χ3n) is 1.72. The van der Waals surface area contributed by atoms with Crippen LogP contribution in [-0.4, -0.2) is 18.4 Å². The Bertz CT molecular complexity index is 368. The normalized spacial score (nSPS) is 10.0. The lowest BCUT2D eigenvalue weighted by molar-refractivity contribution is 0.415. The molecule has 0 aliphatic carbocycles. The molecule has 0 aromatic heterocycles. The number of hydrogen-bond donors (Lipinski definition) is 1. The molecule has 0 fully saturated rings. The molecule has 76 valence electrons. The van der Waals surface area contributed by atoms with Gasteiger partial charge in [-0.1, -0.05) is 23.2 Å². The molecule has 0 unspecified atom stereocenters. The number of nitrogens with one attached hydrogen (secondary N) is 1. The number of rotatable bonds is 2. The molecule has 1 aromatic rings. The summed E-state index contributed by atoms with van der Waals surface area (Å²) in [6.07, 6.45) is 1.82. The van der Waals surface area contributed by atoms with Gasteiger partial charge in [-0.25, -0.2) is 0 Å². The molecule has 0 spiro atoms. The highest BCUT2D eigenvalue weighted by atomic mass is 35.5. The van der Waals surface area contributed by atoms with Crippen LogP contribution in [0, 0.1) is 5.41 Å². The van der Waals surface area contributed by atoms with Crippen molar-refractivity contribution in [3.63, 3.8) is 0 Å². The molecule has 0 atom stereocenters. The molecule has 0 heterocycles. The van der Waals surface area contributed by atoms with Gasteiger partial charge in [0.15, 0.2) is 0 Å². The zero-order chi connectivity index (χ0) is 10.7. The minimum Gasteiger partial charge on any atom is -0.495 e. The Morgan fingerprint density at radius 2 is 2.00 bits per heavy atom. The number of methoxy groups -OCH3 is 1. The lowest BCUT2D eigenvalue weighted by Gasteiger charge is -2.08. The molecule has 0 saturated heterocycles. The molecule has 0 aliphatic rings. The van der Waals surface area contributed by atoms with Crippen molar-refractivity contribution in [2.75, 3.05) is 13.4 Å². The number of benzene rings is 1. The Labute approximate surface area is 97.1 Å². The Morgan fingerprint density at radius 3 is 2.50 bits per heavy atom. The van der Waals surface area contributed by atoms with E-state index in [1.807, 2.05) is 6.26 Å². The van der Waals surface area contributed by atoms with Gasteiger partial charge in [0.25, 0.3) is 0 Å². The Hall–Kier alpha value is -0.380. The molecule has 2 nitrogen and oxygen atoms in total. The highest BCUT2D eigenvalue weighted by molar-refractivity contribution is 8.13. The van der Waals surface area contributed by atoms with Crippen LogP contribution in [0.15, 0.2) is 12.1 Å². The largest absolute Gasteiger partial charge is 0.495 e. The zero-order valence-corrected chi connectivity index (χ0v) is 10.1. The number of hydrogen-bond acceptors (Lipinski definition) is 3. The first kappa shape index (κ1) is 11.7. The topological polar surface area (TPSA) is 33.1 Å². The minimum atomic E-state index is 0.352. The summed E-state index contributed by atoms with van der Waals surface area (Å²) < 4.78 is 5.00. The molecule has 1 rings (SSSR count). The fraction of sp³-hybridized carbons (Fsp3) is 0.222. The van der Waals surface area contributed by atoms with E-state index < -0.39 is 0 Å². The first-order chi connectivity index (χ1) is 6.61. The molecule has 1 aromatic carbocycles. The predicted molar refractivity (Wildman–Crippen MR) is 63.4 cm³/mol. The predicted octanol–water partition coefficient (Wildman–Crippen LogP) is 3.69. The summed E-state index contributed by atoms with van der Waals surface area (Å²) in [5.41, 5.74) is 0.630. The van der Waals surface area contributed by atoms with Gasteiger partial charge >= 0.3 is 0 Å². The quantitative estimate of drug-likeness (QED) is 0.641. The maximum absolute atomic E-state index is 7.62. The van der Waals surface area contributed by atoms with Crippen LogP contribution in [0.3, 0.4) is 0 Å². The van der Waals surface area contributed by atoms with Crippen LogP contribution in [0.25, 0.3) is 0 Å². The Balaban J connectivity index is 3.24. The zero-order valence-electron chi connectivity index (χ0n) is 7.73. The summed E-state index contributed by atoms with van der Waals surface area (Å²) in [4.78, 5) is 0. The maximum atomic E-state index is 7.62. The summed E-state index contributed by atoms with van der Waals surface area (Å²) in [6, 6.07) is 3.43. The van der Waals surface area contributed by atoms with Crippen LogP contribution in [-0.2, 0) is 0 Å². The Morgan fingerprint density at radius 1 is 1.36 bits per heavy atom. The second kappa shape index (κ2) is 4.91. The van der Waals surface area contributed by atoms with Gasteiger partial charge in [-0.05, 0) is 18.4 Å². The molecule has 1 N–H and O–H groups in total. The molecule has 0 radical (unpaired) electrons. The maximum Gasteiger partial charge on any atom is 0.139 e. The van der Waals surface area contributed by atoms with Crippen molar-refractivity contribution >= 4 is 40.0 Å². The van der Waals surface area contributed by atoms with Gasteiger partial charge in [0.05, 0.1) is 17.2 Å². The summed E-state index contributed by atoms with van der Waals surface area (Å²) in [5, 5.41) is 8.73. The number of thioether (sulfide) groups is 1. The molecule has 0 bridgehead atoms. The van der Waals surface area contributed by atoms with E-state index in [0.717, 1.165) is 0 Å². The fourth-order valence-electron chi connectivity index (χ4n) is 0.975. The van der Waals surface area contributed by atoms with E-state index in [0.29, 0.717) is 26.4 Å². The van der Waals surface area contributed by atoms with Crippen molar-refractivity contribution in [2.24, 2.45) is 0 Å². The van der Waals surface area contributed by atoms with E-state index in [9.17, 15) is 0 Å². The fourth-order valence-corrected chi connectivity index (χ4v) is 1.91. The average molecular weight is 250 g/mol. The third kappa shape index (κ3) is 2.16. The standard InChI is InChI=1S/C9H9Cl2NOS/c1-13-6-4-3-5(9(12)14-2)7(10)8(6)11/h3-4,12H,1-2H3. The highest BCUT2D eigenvalue weighted by Crippen LogP contribution is 2.35. The van der Waals surface area contributed by atoms with Crippen LogP contribution in [0.5, 0.6) is 5.75 Å². The molecule has 0 aliphatic heterocycles. The van der Waals surface area contributed by atoms with Crippen LogP contribution < -0.4 is 4.74 Å². The second-order valence-corrected chi connectivity index (χ2v) is 4.05. The van der Waals surface area contributed by atoms with Crippen molar-refractivity contribution < 1.29 is 4.74 Å². The molecular weight excluding hydrogens is 241 g/mol. The Kier molecular flexibility index (Phi) is 4.11. The number of ether oxygens (including phenoxy) is 1. The van der Waals surface area contributed by atoms with Gasteiger partial charge < -0.3 is 4.74 Å². The van der Waals surface area contributed by atoms with Crippen LogP contribution in [0.2, 0.25) is 10.0 Å². The highest BCUT2D eigenvalue weighted by Gasteiger charge is 2.12. The van der Waals surface area contributed by atoms with Crippen molar-refractivity contribution in [3.05, 3.63) is 27.7 Å². The smallest absolute Gasteiger partial charge is 0.139 e. The van der Waals surface area contributed by atoms with E-state index in [-0.39, 0.29) is 0 Å². The average Bonchev–Trinajstić information content (AvgIpc) is 2.21. The van der Waals surface area contributed by atoms with Gasteiger partial charge in [-0.3, -0.25) is 5.41 Å². The van der Waals surface area contributed by atoms with Gasteiger partial charge in [0.1, 0.15) is 10.8 Å². The van der Waals surface area contributed by atoms with Gasteiger partial charge in [0, 0.05) is 5.56 Å². The number of halogens is 2. The summed E-state index contributed by atoms with van der Waals surface area (Å²) in [5.74, 6) is 0.523. The van der Waals surface area contributed by atoms with E-state index >= 15 is 0 Å². The minimum absolute atomic E-state index is 0.352. The van der Waals surface area contributed by atoms with Gasteiger partial charge in [0.2, 0.25) is 0 Å². The summed E-state index contributed by atoms with van der Waals surface area (Å²) in [7, 11) is 1.52. The SMILES string of the molecule is COc1ccc(C(=N)SC)c(Cl)c1Cl. The van der Waals surface area contributed by atoms with Crippen molar-refractivity contribution in [1.82, 2.24) is 0 Å². The molecular formula is C9H9Cl2NOS. The van der Waals surface area contributed by atoms with E-state index in [4.69, 9.17) is 33.3 Å². The van der Waals surface area contributed by atoms with Crippen molar-refractivity contribution in [3.8, 4) is 5.75 Å². The summed E-state index contributed by atoms with van der Waals surface area (Å²) in [6.45, 7) is 0. The van der Waals surface area contributed by atoms with E-state index in [1.165, 1.54) is 18.9 Å². The molecule has 14 heavy (non-hydrogen) atoms. The first-order valence-electron chi connectivity index (χ1n) is 3.76. The van der Waals surface area contributed by atoms with Crippen LogP contribution >= 0.6 is 35.0 Å². The van der Waals surface area contributed by atoms with E-state index in [2.05, 4.69) is 0 Å². The molecule has 0 amide bonds. The van der Waals surface area contributed by atoms with Crippen LogP contribution in [0.4, 0.5) is 0 Å². The monoisotopic (exact) mass is 249 g/mol. The lowest BCUT2D eigenvalue weighted by atomic mass is 10.2. The third-order valence-corrected chi connectivity index (χ3v) is 3.21. The molecule has 0 saturated carbocycles. The van der Waals surface area contributed by atoms with E-state index in [1.54, 1.807) is 12.1 Å². The first-order valence-corrected chi connectivity index (χ1v) is 5.74. The summed E-state index contributed by atoms with van der Waals surface area (Å²) >= 11 is 13.2. The van der Waals surface area contributed by atoms with Crippen molar-refractivity contribution in [1.29, 1.82) is 5.41 Å². The van der Waals surface area contributed by atoms with Gasteiger partial charge in [-0.2, -0.15) is 0 Å². The second-order valence-electron chi connectivity index (χ2n) is 2.48. The van der Waals surface area contributed by atoms with Crippen LogP contribution in [0.1, 0.15) is 5.56 Å². The molecule has 5 heteroatoms. The lowest BCUT2D eigenvalue weighted by Crippen LogP contribution is -1.95.